The third-order valence-electron chi connectivity index (χ3n) is 6.96. The van der Waals surface area contributed by atoms with E-state index in [0.717, 1.165) is 38.5 Å². The summed E-state index contributed by atoms with van der Waals surface area (Å²) in [4.78, 5) is 52.7. The molecule has 0 spiro atoms. The molecule has 9 nitrogen and oxygen atoms in total. The Hall–Kier alpha value is -2.32. The van der Waals surface area contributed by atoms with Crippen molar-refractivity contribution in [3.05, 3.63) is 0 Å². The molecule has 3 amide bonds. The van der Waals surface area contributed by atoms with E-state index in [1.807, 2.05) is 6.92 Å². The van der Waals surface area contributed by atoms with Crippen LogP contribution >= 0.6 is 0 Å². The van der Waals surface area contributed by atoms with Crippen molar-refractivity contribution in [3.63, 3.8) is 0 Å². The number of carboxylic acids is 1. The van der Waals surface area contributed by atoms with Gasteiger partial charge in [0.2, 0.25) is 11.8 Å². The van der Waals surface area contributed by atoms with E-state index in [1.165, 1.54) is 4.90 Å². The van der Waals surface area contributed by atoms with Gasteiger partial charge in [0.05, 0.1) is 0 Å². The van der Waals surface area contributed by atoms with Gasteiger partial charge in [-0.25, -0.2) is 9.59 Å². The molecular formula is C24H39N3O6. The van der Waals surface area contributed by atoms with Crippen molar-refractivity contribution in [2.24, 2.45) is 11.8 Å². The highest BCUT2D eigenvalue weighted by Crippen LogP contribution is 2.47. The van der Waals surface area contributed by atoms with Crippen molar-refractivity contribution in [1.29, 1.82) is 0 Å². The number of hydrogen-bond donors (Lipinski definition) is 3. The molecule has 3 fully saturated rings. The van der Waals surface area contributed by atoms with E-state index >= 15 is 0 Å². The predicted octanol–water partition coefficient (Wildman–Crippen LogP) is 2.82. The van der Waals surface area contributed by atoms with Crippen molar-refractivity contribution in [2.45, 2.75) is 109 Å². The van der Waals surface area contributed by atoms with Crippen LogP contribution in [-0.2, 0) is 19.1 Å². The van der Waals surface area contributed by atoms with Crippen LogP contribution in [0.25, 0.3) is 0 Å². The van der Waals surface area contributed by atoms with Gasteiger partial charge in [-0.15, -0.1) is 0 Å². The number of nitrogens with one attached hydrogen (secondary N) is 2. The number of carbonyl (C=O) groups is 4. The zero-order valence-electron chi connectivity index (χ0n) is 20.3. The molecule has 2 saturated heterocycles. The van der Waals surface area contributed by atoms with Gasteiger partial charge in [0.15, 0.2) is 0 Å². The maximum absolute atomic E-state index is 13.5. The molecule has 3 aliphatic rings. The van der Waals surface area contributed by atoms with Crippen LogP contribution in [0.15, 0.2) is 0 Å². The fraction of sp³-hybridized carbons (Fsp3) is 0.833. The molecule has 33 heavy (non-hydrogen) atoms. The van der Waals surface area contributed by atoms with Crippen LogP contribution in [0, 0.1) is 11.8 Å². The number of amides is 3. The number of ether oxygens (including phenoxy) is 1. The minimum Gasteiger partial charge on any atom is -0.479 e. The van der Waals surface area contributed by atoms with E-state index in [1.54, 1.807) is 20.8 Å². The summed E-state index contributed by atoms with van der Waals surface area (Å²) < 4.78 is 5.36. The lowest BCUT2D eigenvalue weighted by molar-refractivity contribution is -0.146. The topological polar surface area (TPSA) is 125 Å². The van der Waals surface area contributed by atoms with Gasteiger partial charge < -0.3 is 25.4 Å². The quantitative estimate of drug-likeness (QED) is 0.576. The van der Waals surface area contributed by atoms with Crippen LogP contribution in [0.2, 0.25) is 0 Å². The molecule has 0 radical (unpaired) electrons. The van der Waals surface area contributed by atoms with E-state index in [9.17, 15) is 24.3 Å². The lowest BCUT2D eigenvalue weighted by Gasteiger charge is -2.30. The summed E-state index contributed by atoms with van der Waals surface area (Å²) in [5.41, 5.74) is -1.91. The molecular weight excluding hydrogens is 426 g/mol. The second-order valence-electron chi connectivity index (χ2n) is 11.1. The molecule has 0 unspecified atom stereocenters. The van der Waals surface area contributed by atoms with Crippen LogP contribution in [0.4, 0.5) is 4.79 Å². The number of carbonyl (C=O) groups excluding carboxylic acids is 3. The van der Waals surface area contributed by atoms with Gasteiger partial charge in [-0.05, 0) is 58.3 Å². The van der Waals surface area contributed by atoms with Gasteiger partial charge in [0.1, 0.15) is 23.2 Å². The first-order chi connectivity index (χ1) is 15.4. The van der Waals surface area contributed by atoms with Gasteiger partial charge in [0, 0.05) is 6.54 Å². The molecule has 1 aliphatic carbocycles. The number of hydrogen-bond acceptors (Lipinski definition) is 5. The standard InChI is InChI=1S/C24H39N3O6/c1-15-12-18-19(28)26-24(21(30)31)13-16(24)10-8-6-5-7-9-11-17(20(29)27(18)14-15)25-22(32)33-23(2,3)4/h15-18H,5-14H2,1-4H3,(H,25,32)(H,26,28)(H,30,31)/t15-,16-,17+,18+,24-/m1/s1. The minimum absolute atomic E-state index is 0.0614. The Morgan fingerprint density at radius 1 is 1.12 bits per heavy atom. The lowest BCUT2D eigenvalue weighted by Crippen LogP contribution is -2.56. The van der Waals surface area contributed by atoms with Gasteiger partial charge in [-0.1, -0.05) is 39.0 Å². The summed E-state index contributed by atoms with van der Waals surface area (Å²) in [7, 11) is 0. The predicted molar refractivity (Wildman–Crippen MR) is 121 cm³/mol. The maximum Gasteiger partial charge on any atom is 0.408 e. The second kappa shape index (κ2) is 9.89. The Bertz CT molecular complexity index is 779. The zero-order chi connectivity index (χ0) is 24.4. The maximum atomic E-state index is 13.5. The summed E-state index contributed by atoms with van der Waals surface area (Å²) in [6, 6.07) is -1.52. The minimum atomic E-state index is -1.22. The highest BCUT2D eigenvalue weighted by Gasteiger charge is 2.61. The van der Waals surface area contributed by atoms with Crippen LogP contribution < -0.4 is 10.6 Å². The highest BCUT2D eigenvalue weighted by atomic mass is 16.6. The van der Waals surface area contributed by atoms with E-state index in [2.05, 4.69) is 10.6 Å². The Morgan fingerprint density at radius 2 is 1.76 bits per heavy atom. The third-order valence-corrected chi connectivity index (χ3v) is 6.96. The number of fused-ring (bicyclic) bond motifs is 2. The Kier molecular flexibility index (Phi) is 7.59. The summed E-state index contributed by atoms with van der Waals surface area (Å²) in [6.07, 6.45) is 6.07. The molecule has 2 aliphatic heterocycles. The van der Waals surface area contributed by atoms with E-state index in [0.29, 0.717) is 25.8 Å². The number of carboxylic acid groups (broad SMARTS) is 1. The molecule has 5 atom stereocenters. The van der Waals surface area contributed by atoms with Crippen LogP contribution in [0.1, 0.15) is 85.5 Å². The van der Waals surface area contributed by atoms with Crippen LogP contribution in [0.3, 0.4) is 0 Å². The number of nitrogens with zero attached hydrogens (tertiary/aromatic N) is 1. The molecule has 0 aromatic heterocycles. The molecule has 0 bridgehead atoms. The lowest BCUT2D eigenvalue weighted by atomic mass is 10.0. The molecule has 0 aromatic carbocycles. The number of aliphatic carboxylic acids is 1. The van der Waals surface area contributed by atoms with Crippen LogP contribution in [-0.4, -0.2) is 63.7 Å². The highest BCUT2D eigenvalue weighted by molar-refractivity contribution is 5.95. The van der Waals surface area contributed by atoms with Crippen molar-refractivity contribution in [3.8, 4) is 0 Å². The first-order valence-corrected chi connectivity index (χ1v) is 12.3. The van der Waals surface area contributed by atoms with E-state index in [-0.39, 0.29) is 17.7 Å². The van der Waals surface area contributed by atoms with Crippen molar-refractivity contribution < 1.29 is 29.0 Å². The SMILES string of the molecule is C[C@@H]1C[C@H]2C(=O)N[C@]3(C(=O)O)C[C@H]3CCCCCCC[C@H](NC(=O)OC(C)(C)C)C(=O)N2C1. The molecule has 3 N–H and O–H groups in total. The van der Waals surface area contributed by atoms with Gasteiger partial charge in [-0.2, -0.15) is 0 Å². The molecule has 186 valence electrons. The Labute approximate surface area is 196 Å². The number of rotatable bonds is 2. The average molecular weight is 466 g/mol. The summed E-state index contributed by atoms with van der Waals surface area (Å²) in [5, 5.41) is 15.3. The van der Waals surface area contributed by atoms with Gasteiger partial charge >= 0.3 is 12.1 Å². The zero-order valence-corrected chi connectivity index (χ0v) is 20.3. The molecule has 9 heteroatoms. The van der Waals surface area contributed by atoms with Crippen molar-refractivity contribution in [2.75, 3.05) is 6.54 Å². The summed E-state index contributed by atoms with van der Waals surface area (Å²) >= 11 is 0. The first kappa shape index (κ1) is 25.3. The van der Waals surface area contributed by atoms with Crippen molar-refractivity contribution >= 4 is 23.9 Å². The smallest absolute Gasteiger partial charge is 0.408 e. The first-order valence-electron chi connectivity index (χ1n) is 12.3. The molecule has 3 rings (SSSR count). The van der Waals surface area contributed by atoms with Crippen molar-refractivity contribution in [1.82, 2.24) is 15.5 Å². The molecule has 2 heterocycles. The number of alkyl carbamates (subject to hydrolysis) is 1. The van der Waals surface area contributed by atoms with Crippen LogP contribution in [0.5, 0.6) is 0 Å². The normalized spacial score (nSPS) is 33.6. The Balaban J connectivity index is 1.81. The molecule has 1 saturated carbocycles. The second-order valence-corrected chi connectivity index (χ2v) is 11.1. The fourth-order valence-electron chi connectivity index (χ4n) is 5.16. The van der Waals surface area contributed by atoms with Gasteiger partial charge in [0.25, 0.3) is 0 Å². The van der Waals surface area contributed by atoms with Gasteiger partial charge in [-0.3, -0.25) is 9.59 Å². The molecule has 0 aromatic rings. The summed E-state index contributed by atoms with van der Waals surface area (Å²) in [6.45, 7) is 7.65. The Morgan fingerprint density at radius 3 is 2.39 bits per heavy atom. The third kappa shape index (κ3) is 6.18. The monoisotopic (exact) mass is 465 g/mol. The van der Waals surface area contributed by atoms with E-state index < -0.39 is 41.2 Å². The average Bonchev–Trinajstić information content (AvgIpc) is 3.25. The van der Waals surface area contributed by atoms with E-state index in [4.69, 9.17) is 4.74 Å². The summed E-state index contributed by atoms with van der Waals surface area (Å²) in [5.74, 6) is -1.69. The largest absolute Gasteiger partial charge is 0.479 e. The fourth-order valence-corrected chi connectivity index (χ4v) is 5.16.